The van der Waals surface area contributed by atoms with E-state index in [0.717, 1.165) is 5.56 Å². The number of benzene rings is 1. The third-order valence-electron chi connectivity index (χ3n) is 3.42. The van der Waals surface area contributed by atoms with Crippen LogP contribution in [-0.4, -0.2) is 64.8 Å². The van der Waals surface area contributed by atoms with Crippen molar-refractivity contribution in [3.63, 3.8) is 0 Å². The average molecular weight is 300 g/mol. The molecule has 1 aromatic carbocycles. The van der Waals surface area contributed by atoms with Gasteiger partial charge in [0.15, 0.2) is 6.29 Å². The van der Waals surface area contributed by atoms with Gasteiger partial charge in [-0.2, -0.15) is 0 Å². The van der Waals surface area contributed by atoms with Crippen molar-refractivity contribution < 1.29 is 34.6 Å². The van der Waals surface area contributed by atoms with Crippen LogP contribution in [0.25, 0.3) is 0 Å². The molecule has 0 radical (unpaired) electrons. The maximum atomic E-state index is 9.82. The predicted octanol–water partition coefficient (Wildman–Crippen LogP) is -0.988. The van der Waals surface area contributed by atoms with Crippen LogP contribution in [0.1, 0.15) is 5.56 Å². The van der Waals surface area contributed by atoms with Crippen LogP contribution in [0.15, 0.2) is 24.3 Å². The van der Waals surface area contributed by atoms with Gasteiger partial charge in [-0.25, -0.2) is 0 Å². The molecule has 5 atom stereocenters. The van der Waals surface area contributed by atoms with E-state index in [1.54, 1.807) is 31.4 Å². The smallest absolute Gasteiger partial charge is 0.187 e. The molecule has 7 heteroatoms. The molecule has 1 aliphatic heterocycles. The Hall–Kier alpha value is -1.22. The van der Waals surface area contributed by atoms with Crippen LogP contribution in [0.3, 0.4) is 0 Å². The molecule has 4 N–H and O–H groups in total. The van der Waals surface area contributed by atoms with Crippen molar-refractivity contribution in [2.24, 2.45) is 0 Å². The summed E-state index contributed by atoms with van der Waals surface area (Å²) in [5.41, 5.74) is 0.827. The van der Waals surface area contributed by atoms with Gasteiger partial charge in [0, 0.05) is 0 Å². The summed E-state index contributed by atoms with van der Waals surface area (Å²) >= 11 is 0. The Morgan fingerprint density at radius 1 is 1.05 bits per heavy atom. The van der Waals surface area contributed by atoms with Crippen LogP contribution in [0.5, 0.6) is 5.75 Å². The molecule has 118 valence electrons. The maximum absolute atomic E-state index is 9.82. The van der Waals surface area contributed by atoms with Crippen LogP contribution in [-0.2, 0) is 16.1 Å². The summed E-state index contributed by atoms with van der Waals surface area (Å²) in [6.07, 6.45) is -6.30. The van der Waals surface area contributed by atoms with E-state index < -0.39 is 37.3 Å². The molecule has 0 aliphatic carbocycles. The number of ether oxygens (including phenoxy) is 3. The maximum Gasteiger partial charge on any atom is 0.187 e. The molecule has 0 unspecified atom stereocenters. The van der Waals surface area contributed by atoms with Gasteiger partial charge in [0.1, 0.15) is 30.2 Å². The summed E-state index contributed by atoms with van der Waals surface area (Å²) in [5, 5.41) is 38.2. The monoisotopic (exact) mass is 300 g/mol. The molecule has 0 aromatic heterocycles. The van der Waals surface area contributed by atoms with E-state index in [1.165, 1.54) is 0 Å². The van der Waals surface area contributed by atoms with Crippen LogP contribution >= 0.6 is 0 Å². The van der Waals surface area contributed by atoms with E-state index in [4.69, 9.17) is 19.3 Å². The van der Waals surface area contributed by atoms with Gasteiger partial charge in [0.2, 0.25) is 0 Å². The van der Waals surface area contributed by atoms with Crippen molar-refractivity contribution >= 4 is 0 Å². The molecule has 1 heterocycles. The largest absolute Gasteiger partial charge is 0.497 e. The quantitative estimate of drug-likeness (QED) is 0.553. The van der Waals surface area contributed by atoms with E-state index in [2.05, 4.69) is 0 Å². The molecule has 2 rings (SSSR count). The normalized spacial score (nSPS) is 32.9. The van der Waals surface area contributed by atoms with Crippen molar-refractivity contribution in [3.05, 3.63) is 29.8 Å². The Morgan fingerprint density at radius 2 is 1.71 bits per heavy atom. The highest BCUT2D eigenvalue weighted by Crippen LogP contribution is 2.23. The number of aliphatic hydroxyl groups is 4. The van der Waals surface area contributed by atoms with Gasteiger partial charge in [-0.15, -0.1) is 0 Å². The third kappa shape index (κ3) is 3.70. The SMILES string of the molecule is COc1ccc(CO[C@H]2O[C@H](CO)[C@@H](O)[C@H](O)[C@H]2O)cc1. The second-order valence-electron chi connectivity index (χ2n) is 4.86. The zero-order valence-corrected chi connectivity index (χ0v) is 11.6. The van der Waals surface area contributed by atoms with E-state index in [-0.39, 0.29) is 6.61 Å². The van der Waals surface area contributed by atoms with Crippen molar-refractivity contribution in [2.45, 2.75) is 37.3 Å². The zero-order chi connectivity index (χ0) is 15.4. The summed E-state index contributed by atoms with van der Waals surface area (Å²) in [6.45, 7) is -0.333. The highest BCUT2D eigenvalue weighted by atomic mass is 16.7. The van der Waals surface area contributed by atoms with Gasteiger partial charge in [-0.3, -0.25) is 0 Å². The molecule has 0 bridgehead atoms. The first-order valence-corrected chi connectivity index (χ1v) is 6.62. The van der Waals surface area contributed by atoms with Crippen LogP contribution in [0.4, 0.5) is 0 Å². The standard InChI is InChI=1S/C14H20O7/c1-19-9-4-2-8(3-5-9)7-20-14-13(18)12(17)11(16)10(6-15)21-14/h2-5,10-18H,6-7H2,1H3/t10-,11-,12+,13-,14+/m1/s1. The van der Waals surface area contributed by atoms with Gasteiger partial charge in [-0.1, -0.05) is 12.1 Å². The Morgan fingerprint density at radius 3 is 2.29 bits per heavy atom. The minimum Gasteiger partial charge on any atom is -0.497 e. The fraction of sp³-hybridized carbons (Fsp3) is 0.571. The molecular formula is C14H20O7. The Balaban J connectivity index is 1.94. The molecule has 21 heavy (non-hydrogen) atoms. The minimum atomic E-state index is -1.43. The van der Waals surface area contributed by atoms with Crippen molar-refractivity contribution in [1.29, 1.82) is 0 Å². The topological polar surface area (TPSA) is 109 Å². The molecule has 0 saturated carbocycles. The van der Waals surface area contributed by atoms with Crippen molar-refractivity contribution in [3.8, 4) is 5.75 Å². The molecule has 0 amide bonds. The number of hydrogen-bond donors (Lipinski definition) is 4. The number of aliphatic hydroxyl groups excluding tert-OH is 4. The fourth-order valence-corrected chi connectivity index (χ4v) is 2.11. The van der Waals surface area contributed by atoms with Crippen molar-refractivity contribution in [1.82, 2.24) is 0 Å². The Bertz CT molecular complexity index is 433. The number of rotatable bonds is 5. The third-order valence-corrected chi connectivity index (χ3v) is 3.42. The summed E-state index contributed by atoms with van der Waals surface area (Å²) in [4.78, 5) is 0. The summed E-state index contributed by atoms with van der Waals surface area (Å²) < 4.78 is 15.7. The molecule has 1 aromatic rings. The lowest BCUT2D eigenvalue weighted by Gasteiger charge is -2.39. The second kappa shape index (κ2) is 7.17. The average Bonchev–Trinajstić information content (AvgIpc) is 2.52. The van der Waals surface area contributed by atoms with Crippen LogP contribution in [0.2, 0.25) is 0 Å². The first-order chi connectivity index (χ1) is 10.1. The number of methoxy groups -OCH3 is 1. The summed E-state index contributed by atoms with van der Waals surface area (Å²) in [5.74, 6) is 0.714. The Labute approximate surface area is 122 Å². The molecule has 1 aliphatic rings. The van der Waals surface area contributed by atoms with E-state index in [1.807, 2.05) is 0 Å². The summed E-state index contributed by atoms with van der Waals surface area (Å²) in [6, 6.07) is 7.13. The molecule has 7 nitrogen and oxygen atoms in total. The first kappa shape index (κ1) is 16.2. The summed E-state index contributed by atoms with van der Waals surface area (Å²) in [7, 11) is 1.57. The molecule has 1 saturated heterocycles. The predicted molar refractivity (Wildman–Crippen MR) is 71.6 cm³/mol. The highest BCUT2D eigenvalue weighted by molar-refractivity contribution is 5.26. The highest BCUT2D eigenvalue weighted by Gasteiger charge is 2.43. The molecule has 0 spiro atoms. The fourth-order valence-electron chi connectivity index (χ4n) is 2.11. The van der Waals surface area contributed by atoms with Gasteiger partial charge in [0.25, 0.3) is 0 Å². The lowest BCUT2D eigenvalue weighted by atomic mass is 9.99. The first-order valence-electron chi connectivity index (χ1n) is 6.62. The number of hydrogen-bond acceptors (Lipinski definition) is 7. The molecule has 1 fully saturated rings. The second-order valence-corrected chi connectivity index (χ2v) is 4.86. The van der Waals surface area contributed by atoms with E-state index in [9.17, 15) is 15.3 Å². The lowest BCUT2D eigenvalue weighted by molar-refractivity contribution is -0.304. The van der Waals surface area contributed by atoms with Crippen LogP contribution < -0.4 is 4.74 Å². The Kier molecular flexibility index (Phi) is 5.51. The minimum absolute atomic E-state index is 0.146. The van der Waals surface area contributed by atoms with Gasteiger partial charge in [-0.05, 0) is 17.7 Å². The lowest BCUT2D eigenvalue weighted by Crippen LogP contribution is -2.59. The molecular weight excluding hydrogens is 280 g/mol. The van der Waals surface area contributed by atoms with Crippen LogP contribution in [0, 0.1) is 0 Å². The van der Waals surface area contributed by atoms with Gasteiger partial charge >= 0.3 is 0 Å². The van der Waals surface area contributed by atoms with Crippen molar-refractivity contribution in [2.75, 3.05) is 13.7 Å². The van der Waals surface area contributed by atoms with Gasteiger partial charge in [0.05, 0.1) is 20.3 Å². The van der Waals surface area contributed by atoms with E-state index in [0.29, 0.717) is 5.75 Å². The zero-order valence-electron chi connectivity index (χ0n) is 11.6. The van der Waals surface area contributed by atoms with Gasteiger partial charge < -0.3 is 34.6 Å². The van der Waals surface area contributed by atoms with E-state index >= 15 is 0 Å².